The lowest BCUT2D eigenvalue weighted by Gasteiger charge is -2.11. The second-order valence-electron chi connectivity index (χ2n) is 2.89. The molecule has 0 bridgehead atoms. The summed E-state index contributed by atoms with van der Waals surface area (Å²) in [6.45, 7) is 2.32. The van der Waals surface area contributed by atoms with Crippen LogP contribution in [0, 0.1) is 11.8 Å². The lowest BCUT2D eigenvalue weighted by Crippen LogP contribution is -2.24. The number of hydrogen-bond donors (Lipinski definition) is 1. The van der Waals surface area contributed by atoms with Crippen LogP contribution >= 0.6 is 0 Å². The molecule has 1 rings (SSSR count). The Morgan fingerprint density at radius 2 is 2.42 bits per heavy atom. The molecule has 2 atom stereocenters. The number of methoxy groups -OCH3 is 1. The van der Waals surface area contributed by atoms with Crippen LogP contribution in [0.5, 0.6) is 0 Å². The standard InChI is InChI=1S/C8H13NO3/c1-3-5-6(8(11)12-2)4-9-7(5)10/h5-6H,3-4H2,1-2H3,(H,9,10)/t5-,6-/m0/s1. The van der Waals surface area contributed by atoms with E-state index in [4.69, 9.17) is 0 Å². The molecule has 4 heteroatoms. The van der Waals surface area contributed by atoms with Crippen LogP contribution < -0.4 is 5.32 Å². The van der Waals surface area contributed by atoms with E-state index in [1.165, 1.54) is 7.11 Å². The minimum atomic E-state index is -0.291. The van der Waals surface area contributed by atoms with Crippen LogP contribution in [0.25, 0.3) is 0 Å². The zero-order valence-corrected chi connectivity index (χ0v) is 7.29. The van der Waals surface area contributed by atoms with Gasteiger partial charge in [-0.15, -0.1) is 0 Å². The fraction of sp³-hybridized carbons (Fsp3) is 0.750. The number of ether oxygens (including phenoxy) is 1. The molecule has 4 nitrogen and oxygen atoms in total. The van der Waals surface area contributed by atoms with Crippen molar-refractivity contribution in [1.82, 2.24) is 5.32 Å². The number of esters is 1. The van der Waals surface area contributed by atoms with Crippen molar-refractivity contribution in [2.75, 3.05) is 13.7 Å². The highest BCUT2D eigenvalue weighted by Gasteiger charge is 2.38. The Morgan fingerprint density at radius 3 is 2.92 bits per heavy atom. The number of amides is 1. The van der Waals surface area contributed by atoms with Gasteiger partial charge in [-0.3, -0.25) is 9.59 Å². The van der Waals surface area contributed by atoms with Crippen LogP contribution in [-0.4, -0.2) is 25.5 Å². The average molecular weight is 171 g/mol. The van der Waals surface area contributed by atoms with E-state index < -0.39 is 0 Å². The highest BCUT2D eigenvalue weighted by Crippen LogP contribution is 2.21. The first-order valence-corrected chi connectivity index (χ1v) is 4.06. The Bertz CT molecular complexity index is 202. The average Bonchev–Trinajstić information content (AvgIpc) is 2.45. The van der Waals surface area contributed by atoms with Crippen LogP contribution in [0.4, 0.5) is 0 Å². The third kappa shape index (κ3) is 1.42. The molecule has 1 N–H and O–H groups in total. The maximum absolute atomic E-state index is 11.1. The highest BCUT2D eigenvalue weighted by atomic mass is 16.5. The van der Waals surface area contributed by atoms with E-state index in [0.29, 0.717) is 13.0 Å². The third-order valence-electron chi connectivity index (χ3n) is 2.26. The molecule has 1 aliphatic heterocycles. The smallest absolute Gasteiger partial charge is 0.311 e. The van der Waals surface area contributed by atoms with Gasteiger partial charge in [0, 0.05) is 6.54 Å². The number of rotatable bonds is 2. The summed E-state index contributed by atoms with van der Waals surface area (Å²) in [5.74, 6) is -0.807. The molecule has 1 heterocycles. The van der Waals surface area contributed by atoms with Gasteiger partial charge in [-0.1, -0.05) is 6.92 Å². The summed E-state index contributed by atoms with van der Waals surface area (Å²) in [6.07, 6.45) is 0.686. The van der Waals surface area contributed by atoms with Crippen LogP contribution in [0.1, 0.15) is 13.3 Å². The summed E-state index contributed by atoms with van der Waals surface area (Å²) >= 11 is 0. The Labute approximate surface area is 71.3 Å². The van der Waals surface area contributed by atoms with Gasteiger partial charge in [-0.05, 0) is 6.42 Å². The first kappa shape index (κ1) is 9.03. The summed E-state index contributed by atoms with van der Waals surface area (Å²) in [6, 6.07) is 0. The monoisotopic (exact) mass is 171 g/mol. The van der Waals surface area contributed by atoms with Crippen molar-refractivity contribution in [3.63, 3.8) is 0 Å². The van der Waals surface area contributed by atoms with Gasteiger partial charge >= 0.3 is 5.97 Å². The first-order chi connectivity index (χ1) is 5.70. The second-order valence-corrected chi connectivity index (χ2v) is 2.89. The topological polar surface area (TPSA) is 55.4 Å². The molecule has 1 amide bonds. The molecular weight excluding hydrogens is 158 g/mol. The minimum Gasteiger partial charge on any atom is -0.469 e. The zero-order valence-electron chi connectivity index (χ0n) is 7.29. The van der Waals surface area contributed by atoms with Crippen molar-refractivity contribution >= 4 is 11.9 Å². The van der Waals surface area contributed by atoms with E-state index in [1.54, 1.807) is 0 Å². The molecule has 0 spiro atoms. The molecule has 0 aromatic heterocycles. The molecule has 68 valence electrons. The summed E-state index contributed by atoms with van der Waals surface area (Å²) in [5.41, 5.74) is 0. The van der Waals surface area contributed by atoms with Crippen molar-refractivity contribution in [3.05, 3.63) is 0 Å². The van der Waals surface area contributed by atoms with Gasteiger partial charge in [0.15, 0.2) is 0 Å². The fourth-order valence-electron chi connectivity index (χ4n) is 1.54. The SMILES string of the molecule is CC[C@@H]1C(=O)NC[C@@H]1C(=O)OC. The Balaban J connectivity index is 2.66. The normalized spacial score (nSPS) is 28.3. The molecule has 12 heavy (non-hydrogen) atoms. The minimum absolute atomic E-state index is 0.0344. The van der Waals surface area contributed by atoms with Crippen LogP contribution in [0.2, 0.25) is 0 Å². The van der Waals surface area contributed by atoms with E-state index in [2.05, 4.69) is 10.1 Å². The maximum Gasteiger partial charge on any atom is 0.311 e. The van der Waals surface area contributed by atoms with E-state index in [1.807, 2.05) is 6.92 Å². The quantitative estimate of drug-likeness (QED) is 0.592. The maximum atomic E-state index is 11.1. The molecule has 1 aliphatic rings. The van der Waals surface area contributed by atoms with Gasteiger partial charge in [0.25, 0.3) is 0 Å². The van der Waals surface area contributed by atoms with Crippen molar-refractivity contribution in [3.8, 4) is 0 Å². The van der Waals surface area contributed by atoms with Gasteiger partial charge in [0.2, 0.25) is 5.91 Å². The van der Waals surface area contributed by atoms with Crippen LogP contribution in [0.3, 0.4) is 0 Å². The zero-order chi connectivity index (χ0) is 9.14. The Hall–Kier alpha value is -1.06. The fourth-order valence-corrected chi connectivity index (χ4v) is 1.54. The molecule has 1 saturated heterocycles. The predicted octanol–water partition coefficient (Wildman–Crippen LogP) is -0.0684. The predicted molar refractivity (Wildman–Crippen MR) is 42.3 cm³/mol. The van der Waals surface area contributed by atoms with Crippen molar-refractivity contribution in [2.45, 2.75) is 13.3 Å². The van der Waals surface area contributed by atoms with Gasteiger partial charge in [-0.25, -0.2) is 0 Å². The van der Waals surface area contributed by atoms with Gasteiger partial charge in [-0.2, -0.15) is 0 Å². The Kier molecular flexibility index (Phi) is 2.68. The van der Waals surface area contributed by atoms with Crippen LogP contribution in [-0.2, 0) is 14.3 Å². The summed E-state index contributed by atoms with van der Waals surface area (Å²) in [5, 5.41) is 2.65. The lowest BCUT2D eigenvalue weighted by molar-refractivity contribution is -0.147. The number of hydrogen-bond acceptors (Lipinski definition) is 3. The Morgan fingerprint density at radius 1 is 1.75 bits per heavy atom. The summed E-state index contributed by atoms with van der Waals surface area (Å²) in [7, 11) is 1.35. The van der Waals surface area contributed by atoms with E-state index in [0.717, 1.165) is 0 Å². The largest absolute Gasteiger partial charge is 0.469 e. The molecular formula is C8H13NO3. The first-order valence-electron chi connectivity index (χ1n) is 4.06. The van der Waals surface area contributed by atoms with Crippen LogP contribution in [0.15, 0.2) is 0 Å². The van der Waals surface area contributed by atoms with E-state index in [-0.39, 0.29) is 23.7 Å². The molecule has 0 unspecified atom stereocenters. The highest BCUT2D eigenvalue weighted by molar-refractivity contribution is 5.88. The van der Waals surface area contributed by atoms with Gasteiger partial charge in [0.1, 0.15) is 0 Å². The number of carbonyl (C=O) groups excluding carboxylic acids is 2. The molecule has 1 fully saturated rings. The van der Waals surface area contributed by atoms with E-state index >= 15 is 0 Å². The molecule has 0 aromatic carbocycles. The third-order valence-corrected chi connectivity index (χ3v) is 2.26. The number of carbonyl (C=O) groups is 2. The second kappa shape index (κ2) is 3.56. The van der Waals surface area contributed by atoms with E-state index in [9.17, 15) is 9.59 Å². The van der Waals surface area contributed by atoms with Crippen molar-refractivity contribution < 1.29 is 14.3 Å². The molecule has 0 aromatic rings. The lowest BCUT2D eigenvalue weighted by atomic mass is 9.93. The van der Waals surface area contributed by atoms with Crippen molar-refractivity contribution in [2.24, 2.45) is 11.8 Å². The molecule has 0 aliphatic carbocycles. The molecule has 0 radical (unpaired) electrons. The number of nitrogens with one attached hydrogen (secondary N) is 1. The molecule has 0 saturated carbocycles. The summed E-state index contributed by atoms with van der Waals surface area (Å²) in [4.78, 5) is 22.2. The van der Waals surface area contributed by atoms with Gasteiger partial charge < -0.3 is 10.1 Å². The van der Waals surface area contributed by atoms with Crippen molar-refractivity contribution in [1.29, 1.82) is 0 Å². The summed E-state index contributed by atoms with van der Waals surface area (Å²) < 4.78 is 4.58. The van der Waals surface area contributed by atoms with Gasteiger partial charge in [0.05, 0.1) is 18.9 Å².